The molecule has 1 saturated heterocycles. The Labute approximate surface area is 123 Å². The van der Waals surface area contributed by atoms with Gasteiger partial charge >= 0.3 is 0 Å². The molecule has 2 atom stereocenters. The summed E-state index contributed by atoms with van der Waals surface area (Å²) < 4.78 is 23.3. The second-order valence-electron chi connectivity index (χ2n) is 5.73. The maximum atomic E-state index is 12.7. The number of aryl methyl sites for hydroxylation is 1. The maximum Gasteiger partial charge on any atom is 0.262 e. The Bertz CT molecular complexity index is 671. The van der Waals surface area contributed by atoms with Gasteiger partial charge < -0.3 is 4.90 Å². The third-order valence-corrected chi connectivity index (χ3v) is 5.68. The van der Waals surface area contributed by atoms with E-state index in [-0.39, 0.29) is 22.4 Å². The van der Waals surface area contributed by atoms with E-state index in [0.29, 0.717) is 5.92 Å². The van der Waals surface area contributed by atoms with Crippen molar-refractivity contribution in [1.82, 2.24) is 4.90 Å². The van der Waals surface area contributed by atoms with Crippen LogP contribution >= 0.6 is 10.7 Å². The fraction of sp³-hybridized carbons (Fsp3) is 0.500. The average Bonchev–Trinajstić information content (AvgIpc) is 2.98. The number of halogens is 1. The summed E-state index contributed by atoms with van der Waals surface area (Å²) in [5, 5.41) is 0. The molecule has 1 heterocycles. The van der Waals surface area contributed by atoms with Gasteiger partial charge in [-0.1, -0.05) is 11.6 Å². The number of carbonyl (C=O) groups is 1. The van der Waals surface area contributed by atoms with Gasteiger partial charge in [0.15, 0.2) is 0 Å². The lowest BCUT2D eigenvalue weighted by atomic mass is 10.1. The van der Waals surface area contributed by atoms with Crippen molar-refractivity contribution < 1.29 is 13.2 Å². The third kappa shape index (κ3) is 2.33. The van der Waals surface area contributed by atoms with Gasteiger partial charge in [-0.15, -0.1) is 0 Å². The van der Waals surface area contributed by atoms with Gasteiger partial charge in [-0.2, -0.15) is 0 Å². The van der Waals surface area contributed by atoms with Crippen molar-refractivity contribution in [2.45, 2.75) is 37.1 Å². The second-order valence-corrected chi connectivity index (χ2v) is 8.26. The van der Waals surface area contributed by atoms with Crippen LogP contribution in [0.15, 0.2) is 23.1 Å². The van der Waals surface area contributed by atoms with E-state index in [9.17, 15) is 13.2 Å². The molecule has 0 radical (unpaired) electrons. The van der Waals surface area contributed by atoms with Crippen LogP contribution < -0.4 is 0 Å². The second kappa shape index (κ2) is 4.74. The summed E-state index contributed by atoms with van der Waals surface area (Å²) in [4.78, 5) is 14.4. The average molecular weight is 314 g/mol. The number of hydrogen-bond donors (Lipinski definition) is 0. The highest BCUT2D eigenvalue weighted by Gasteiger charge is 2.41. The molecule has 1 saturated carbocycles. The number of benzene rings is 1. The Hall–Kier alpha value is -1.07. The van der Waals surface area contributed by atoms with Crippen LogP contribution in [-0.4, -0.2) is 31.8 Å². The zero-order chi connectivity index (χ0) is 14.5. The highest BCUT2D eigenvalue weighted by atomic mass is 35.7. The number of piperidine rings is 1. The molecule has 2 aliphatic rings. The summed E-state index contributed by atoms with van der Waals surface area (Å²) in [5.41, 5.74) is 1.05. The van der Waals surface area contributed by atoms with Gasteiger partial charge in [-0.05, 0) is 44.2 Å². The number of likely N-dealkylation sites (tertiary alicyclic amines) is 1. The highest BCUT2D eigenvalue weighted by molar-refractivity contribution is 8.13. The van der Waals surface area contributed by atoms with Crippen molar-refractivity contribution in [2.75, 3.05) is 6.54 Å². The van der Waals surface area contributed by atoms with Gasteiger partial charge in [0.05, 0.1) is 10.5 Å². The molecule has 0 aromatic heterocycles. The molecule has 0 spiro atoms. The summed E-state index contributed by atoms with van der Waals surface area (Å²) in [6.45, 7) is 2.57. The predicted molar refractivity (Wildman–Crippen MR) is 76.4 cm³/mol. The molecule has 1 aliphatic heterocycles. The lowest BCUT2D eigenvalue weighted by Gasteiger charge is -2.27. The maximum absolute atomic E-state index is 12.7. The first-order chi connectivity index (χ1) is 9.36. The first kappa shape index (κ1) is 13.9. The van der Waals surface area contributed by atoms with Gasteiger partial charge in [0.1, 0.15) is 0 Å². The number of fused-ring (bicyclic) bond motifs is 2. The molecule has 1 aromatic rings. The van der Waals surface area contributed by atoms with Crippen molar-refractivity contribution in [1.29, 1.82) is 0 Å². The molecule has 108 valence electrons. The molecule has 4 nitrogen and oxygen atoms in total. The van der Waals surface area contributed by atoms with Gasteiger partial charge in [-0.25, -0.2) is 8.42 Å². The van der Waals surface area contributed by atoms with E-state index < -0.39 is 9.05 Å². The molecule has 1 amide bonds. The molecule has 20 heavy (non-hydrogen) atoms. The van der Waals surface area contributed by atoms with E-state index >= 15 is 0 Å². The van der Waals surface area contributed by atoms with Crippen molar-refractivity contribution in [2.24, 2.45) is 5.92 Å². The molecule has 1 aromatic carbocycles. The van der Waals surface area contributed by atoms with Crippen LogP contribution in [0.5, 0.6) is 0 Å². The minimum absolute atomic E-state index is 0.0856. The van der Waals surface area contributed by atoms with Crippen molar-refractivity contribution in [3.8, 4) is 0 Å². The molecule has 3 rings (SSSR count). The quantitative estimate of drug-likeness (QED) is 0.788. The predicted octanol–water partition coefficient (Wildman–Crippen LogP) is 2.55. The normalized spacial score (nSPS) is 25.2. The topological polar surface area (TPSA) is 54.5 Å². The van der Waals surface area contributed by atoms with Crippen LogP contribution in [-0.2, 0) is 9.05 Å². The van der Waals surface area contributed by atoms with Crippen LogP contribution in [0.25, 0.3) is 0 Å². The Balaban J connectivity index is 2.01. The number of rotatable bonds is 2. The minimum atomic E-state index is -3.91. The fourth-order valence-electron chi connectivity index (χ4n) is 3.35. The highest BCUT2D eigenvalue weighted by Crippen LogP contribution is 2.38. The standard InChI is InChI=1S/C14H16ClNO3S/c1-9-2-5-13(20(15,18)19)12(6-9)14(17)16-8-10-3-4-11(16)7-10/h2,5-6,10-11H,3-4,7-8H2,1H3. The zero-order valence-electron chi connectivity index (χ0n) is 11.2. The molecule has 1 aliphatic carbocycles. The van der Waals surface area contributed by atoms with E-state index in [0.717, 1.165) is 24.9 Å². The zero-order valence-corrected chi connectivity index (χ0v) is 12.7. The molecule has 6 heteroatoms. The lowest BCUT2D eigenvalue weighted by Crippen LogP contribution is -2.38. The summed E-state index contributed by atoms with van der Waals surface area (Å²) >= 11 is 0. The minimum Gasteiger partial charge on any atom is -0.335 e. The van der Waals surface area contributed by atoms with Crippen molar-refractivity contribution in [3.63, 3.8) is 0 Å². The molecule has 2 fully saturated rings. The smallest absolute Gasteiger partial charge is 0.262 e. The van der Waals surface area contributed by atoms with Gasteiger partial charge in [0, 0.05) is 23.3 Å². The number of nitrogens with zero attached hydrogens (tertiary/aromatic N) is 1. The van der Waals surface area contributed by atoms with Crippen LogP contribution in [0.4, 0.5) is 0 Å². The summed E-state index contributed by atoms with van der Waals surface area (Å²) in [5.74, 6) is 0.366. The molecular weight excluding hydrogens is 298 g/mol. The summed E-state index contributed by atoms with van der Waals surface area (Å²) in [7, 11) is 1.53. The number of hydrogen-bond acceptors (Lipinski definition) is 3. The first-order valence-corrected chi connectivity index (χ1v) is 9.03. The molecule has 2 unspecified atom stereocenters. The van der Waals surface area contributed by atoms with Gasteiger partial charge in [-0.3, -0.25) is 4.79 Å². The van der Waals surface area contributed by atoms with E-state index in [1.807, 2.05) is 11.8 Å². The number of amides is 1. The van der Waals surface area contributed by atoms with E-state index in [1.165, 1.54) is 12.5 Å². The van der Waals surface area contributed by atoms with Crippen LogP contribution in [0.3, 0.4) is 0 Å². The Morgan fingerprint density at radius 3 is 2.65 bits per heavy atom. The third-order valence-electron chi connectivity index (χ3n) is 4.30. The molecule has 2 bridgehead atoms. The molecule has 0 N–H and O–H groups in total. The first-order valence-electron chi connectivity index (χ1n) is 6.72. The van der Waals surface area contributed by atoms with E-state index in [4.69, 9.17) is 10.7 Å². The number of carbonyl (C=O) groups excluding carboxylic acids is 1. The summed E-state index contributed by atoms with van der Waals surface area (Å²) in [6, 6.07) is 4.95. The van der Waals surface area contributed by atoms with E-state index in [1.54, 1.807) is 12.1 Å². The summed E-state index contributed by atoms with van der Waals surface area (Å²) in [6.07, 6.45) is 3.23. The Morgan fingerprint density at radius 1 is 1.35 bits per heavy atom. The fourth-order valence-corrected chi connectivity index (χ4v) is 4.39. The van der Waals surface area contributed by atoms with Crippen molar-refractivity contribution >= 4 is 25.6 Å². The van der Waals surface area contributed by atoms with Crippen molar-refractivity contribution in [3.05, 3.63) is 29.3 Å². The Kier molecular flexibility index (Phi) is 3.29. The van der Waals surface area contributed by atoms with Gasteiger partial charge in [0.25, 0.3) is 15.0 Å². The SMILES string of the molecule is Cc1ccc(S(=O)(=O)Cl)c(C(=O)N2CC3CCC2C3)c1. The van der Waals surface area contributed by atoms with Crippen LogP contribution in [0.1, 0.15) is 35.2 Å². The van der Waals surface area contributed by atoms with Crippen LogP contribution in [0, 0.1) is 12.8 Å². The van der Waals surface area contributed by atoms with E-state index in [2.05, 4.69) is 0 Å². The van der Waals surface area contributed by atoms with Crippen LogP contribution in [0.2, 0.25) is 0 Å². The monoisotopic (exact) mass is 313 g/mol. The largest absolute Gasteiger partial charge is 0.335 e. The Morgan fingerprint density at radius 2 is 2.10 bits per heavy atom. The lowest BCUT2D eigenvalue weighted by molar-refractivity contribution is 0.0699. The van der Waals surface area contributed by atoms with Gasteiger partial charge in [0.2, 0.25) is 0 Å². The molecular formula is C14H16ClNO3S.